The Balaban J connectivity index is 1.47. The maximum atomic E-state index is 11.1. The Kier molecular flexibility index (Phi) is 7.68. The number of hydrogen-bond donors (Lipinski definition) is 1. The second kappa shape index (κ2) is 11.3. The van der Waals surface area contributed by atoms with Crippen molar-refractivity contribution >= 4 is 5.97 Å². The van der Waals surface area contributed by atoms with Crippen molar-refractivity contribution in [2.75, 3.05) is 6.54 Å². The minimum atomic E-state index is -0.901. The molecule has 0 aliphatic heterocycles. The predicted molar refractivity (Wildman–Crippen MR) is 134 cm³/mol. The van der Waals surface area contributed by atoms with Gasteiger partial charge in [-0.25, -0.2) is 4.79 Å². The summed E-state index contributed by atoms with van der Waals surface area (Å²) >= 11 is 0. The van der Waals surface area contributed by atoms with Crippen LogP contribution in [-0.2, 0) is 19.5 Å². The normalized spacial score (nSPS) is 10.9. The number of aromatic carboxylic acids is 1. The Hall–Kier alpha value is -3.69. The highest BCUT2D eigenvalue weighted by molar-refractivity contribution is 5.88. The van der Waals surface area contributed by atoms with Crippen LogP contribution >= 0.6 is 0 Å². The van der Waals surface area contributed by atoms with E-state index < -0.39 is 5.97 Å². The number of nitrogens with zero attached hydrogens (tertiary/aromatic N) is 1. The lowest BCUT2D eigenvalue weighted by Crippen LogP contribution is -2.24. The molecule has 0 atom stereocenters. The predicted octanol–water partition coefficient (Wildman–Crippen LogP) is 6.69. The summed E-state index contributed by atoms with van der Waals surface area (Å²) < 4.78 is 0. The van der Waals surface area contributed by atoms with Gasteiger partial charge in [-0.05, 0) is 65.4 Å². The number of hydrogen-bond acceptors (Lipinski definition) is 2. The molecule has 0 saturated heterocycles. The van der Waals surface area contributed by atoms with E-state index in [4.69, 9.17) is 5.11 Å². The van der Waals surface area contributed by atoms with Gasteiger partial charge < -0.3 is 5.11 Å². The van der Waals surface area contributed by atoms with Crippen LogP contribution in [0.1, 0.15) is 33.5 Å². The standard InChI is InChI=1S/C30H29NO2/c32-30(33)28-18-16-27(17-19-28)29-15-7-13-26(21-29)23-31(22-25-11-5-2-6-12-25)20-8-14-24-9-3-1-4-10-24/h1-7,9-13,15-19,21H,8,14,20,22-23H2,(H,32,33). The van der Waals surface area contributed by atoms with Crippen molar-refractivity contribution < 1.29 is 9.90 Å². The summed E-state index contributed by atoms with van der Waals surface area (Å²) in [5, 5.41) is 9.15. The van der Waals surface area contributed by atoms with Crippen LogP contribution in [0.25, 0.3) is 11.1 Å². The summed E-state index contributed by atoms with van der Waals surface area (Å²) in [6.07, 6.45) is 2.18. The first kappa shape index (κ1) is 22.5. The van der Waals surface area contributed by atoms with Crippen molar-refractivity contribution in [3.8, 4) is 11.1 Å². The fourth-order valence-electron chi connectivity index (χ4n) is 4.12. The molecule has 0 aromatic heterocycles. The van der Waals surface area contributed by atoms with Crippen molar-refractivity contribution in [2.45, 2.75) is 25.9 Å². The van der Waals surface area contributed by atoms with Crippen LogP contribution in [0.3, 0.4) is 0 Å². The minimum absolute atomic E-state index is 0.308. The lowest BCUT2D eigenvalue weighted by Gasteiger charge is -2.23. The van der Waals surface area contributed by atoms with E-state index in [2.05, 4.69) is 89.8 Å². The summed E-state index contributed by atoms with van der Waals surface area (Å²) in [5.41, 5.74) is 6.39. The summed E-state index contributed by atoms with van der Waals surface area (Å²) in [6.45, 7) is 2.79. The van der Waals surface area contributed by atoms with Crippen molar-refractivity contribution in [1.29, 1.82) is 0 Å². The molecule has 1 N–H and O–H groups in total. The van der Waals surface area contributed by atoms with Gasteiger partial charge >= 0.3 is 5.97 Å². The van der Waals surface area contributed by atoms with E-state index in [0.29, 0.717) is 5.56 Å². The number of carboxylic acid groups (broad SMARTS) is 1. The highest BCUT2D eigenvalue weighted by Gasteiger charge is 2.09. The van der Waals surface area contributed by atoms with Gasteiger partial charge in [0.15, 0.2) is 0 Å². The highest BCUT2D eigenvalue weighted by atomic mass is 16.4. The fraction of sp³-hybridized carbons (Fsp3) is 0.167. The van der Waals surface area contributed by atoms with Gasteiger partial charge in [0.25, 0.3) is 0 Å². The maximum absolute atomic E-state index is 11.1. The van der Waals surface area contributed by atoms with Crippen molar-refractivity contribution in [3.63, 3.8) is 0 Å². The molecule has 0 saturated carbocycles. The summed E-state index contributed by atoms with van der Waals surface area (Å²) in [4.78, 5) is 13.7. The lowest BCUT2D eigenvalue weighted by atomic mass is 10.0. The maximum Gasteiger partial charge on any atom is 0.335 e. The Morgan fingerprint density at radius 1 is 0.636 bits per heavy atom. The zero-order chi connectivity index (χ0) is 22.9. The van der Waals surface area contributed by atoms with E-state index in [-0.39, 0.29) is 0 Å². The first-order valence-corrected chi connectivity index (χ1v) is 11.4. The number of carbonyl (C=O) groups is 1. The zero-order valence-corrected chi connectivity index (χ0v) is 18.7. The van der Waals surface area contributed by atoms with E-state index in [9.17, 15) is 4.79 Å². The molecule has 0 unspecified atom stereocenters. The molecule has 0 spiro atoms. The van der Waals surface area contributed by atoms with E-state index in [1.54, 1.807) is 12.1 Å². The SMILES string of the molecule is O=C(O)c1ccc(-c2cccc(CN(CCCc3ccccc3)Cc3ccccc3)c2)cc1. The van der Waals surface area contributed by atoms with Gasteiger partial charge in [-0.3, -0.25) is 4.90 Å². The van der Waals surface area contributed by atoms with Crippen LogP contribution in [0.2, 0.25) is 0 Å². The van der Waals surface area contributed by atoms with Crippen molar-refractivity contribution in [2.24, 2.45) is 0 Å². The Morgan fingerprint density at radius 2 is 1.24 bits per heavy atom. The van der Waals surface area contributed by atoms with Crippen LogP contribution in [0, 0.1) is 0 Å². The topological polar surface area (TPSA) is 40.5 Å². The molecule has 0 bridgehead atoms. The lowest BCUT2D eigenvalue weighted by molar-refractivity contribution is 0.0697. The molecule has 0 fully saturated rings. The van der Waals surface area contributed by atoms with Gasteiger partial charge in [0.05, 0.1) is 5.56 Å². The first-order valence-electron chi connectivity index (χ1n) is 11.4. The van der Waals surface area contributed by atoms with E-state index in [1.807, 2.05) is 12.1 Å². The molecule has 0 heterocycles. The third-order valence-corrected chi connectivity index (χ3v) is 5.83. The molecule has 0 aliphatic carbocycles. The fourth-order valence-corrected chi connectivity index (χ4v) is 4.12. The van der Waals surface area contributed by atoms with Crippen LogP contribution in [0.15, 0.2) is 109 Å². The molecule has 0 aliphatic rings. The molecule has 0 radical (unpaired) electrons. The molecule has 33 heavy (non-hydrogen) atoms. The quantitative estimate of drug-likeness (QED) is 0.302. The molecule has 3 nitrogen and oxygen atoms in total. The Morgan fingerprint density at radius 3 is 1.91 bits per heavy atom. The molecule has 4 rings (SSSR count). The molecule has 0 amide bonds. The molecular weight excluding hydrogens is 406 g/mol. The van der Waals surface area contributed by atoms with Crippen LogP contribution in [0.4, 0.5) is 0 Å². The van der Waals surface area contributed by atoms with Crippen molar-refractivity contribution in [1.82, 2.24) is 4.90 Å². The van der Waals surface area contributed by atoms with Crippen LogP contribution < -0.4 is 0 Å². The third kappa shape index (κ3) is 6.64. The van der Waals surface area contributed by atoms with Gasteiger partial charge in [-0.2, -0.15) is 0 Å². The second-order valence-corrected chi connectivity index (χ2v) is 8.37. The molecule has 4 aromatic carbocycles. The number of aryl methyl sites for hydroxylation is 1. The third-order valence-electron chi connectivity index (χ3n) is 5.83. The van der Waals surface area contributed by atoms with Crippen LogP contribution in [-0.4, -0.2) is 22.5 Å². The largest absolute Gasteiger partial charge is 0.478 e. The van der Waals surface area contributed by atoms with Gasteiger partial charge in [0, 0.05) is 13.1 Å². The minimum Gasteiger partial charge on any atom is -0.478 e. The molecule has 4 aromatic rings. The number of benzene rings is 4. The monoisotopic (exact) mass is 435 g/mol. The average molecular weight is 436 g/mol. The van der Waals surface area contributed by atoms with Crippen LogP contribution in [0.5, 0.6) is 0 Å². The van der Waals surface area contributed by atoms with Gasteiger partial charge in [0.1, 0.15) is 0 Å². The highest BCUT2D eigenvalue weighted by Crippen LogP contribution is 2.22. The van der Waals surface area contributed by atoms with Crippen molar-refractivity contribution in [3.05, 3.63) is 131 Å². The summed E-state index contributed by atoms with van der Waals surface area (Å²) in [7, 11) is 0. The first-order chi connectivity index (χ1) is 16.2. The average Bonchev–Trinajstić information content (AvgIpc) is 2.85. The summed E-state index contributed by atoms with van der Waals surface area (Å²) in [6, 6.07) is 36.9. The Labute approximate surface area is 196 Å². The zero-order valence-electron chi connectivity index (χ0n) is 18.7. The van der Waals surface area contributed by atoms with E-state index in [0.717, 1.165) is 43.6 Å². The number of carboxylic acids is 1. The van der Waals surface area contributed by atoms with E-state index >= 15 is 0 Å². The number of rotatable bonds is 10. The van der Waals surface area contributed by atoms with Gasteiger partial charge in [-0.15, -0.1) is 0 Å². The smallest absolute Gasteiger partial charge is 0.335 e. The van der Waals surface area contributed by atoms with Gasteiger partial charge in [0.2, 0.25) is 0 Å². The van der Waals surface area contributed by atoms with E-state index in [1.165, 1.54) is 16.7 Å². The second-order valence-electron chi connectivity index (χ2n) is 8.37. The van der Waals surface area contributed by atoms with Gasteiger partial charge in [-0.1, -0.05) is 91.0 Å². The molecular formula is C30H29NO2. The molecule has 166 valence electrons. The Bertz CT molecular complexity index is 1150. The summed E-state index contributed by atoms with van der Waals surface area (Å²) in [5.74, 6) is -0.901. The molecule has 3 heteroatoms.